The molecular formula is C25H21ClN4O4. The Morgan fingerprint density at radius 3 is 2.56 bits per heavy atom. The number of fused-ring (bicyclic) bond motifs is 1. The number of aromatic amines is 1. The topological polar surface area (TPSA) is 113 Å². The summed E-state index contributed by atoms with van der Waals surface area (Å²) in [6, 6.07) is 18.4. The number of methoxy groups -OCH3 is 1. The van der Waals surface area contributed by atoms with Gasteiger partial charge < -0.3 is 20.4 Å². The van der Waals surface area contributed by atoms with Crippen LogP contribution in [0.5, 0.6) is 0 Å². The molecule has 0 aliphatic carbocycles. The summed E-state index contributed by atoms with van der Waals surface area (Å²) >= 11 is 6.04. The number of rotatable bonds is 7. The van der Waals surface area contributed by atoms with E-state index in [0.29, 0.717) is 10.7 Å². The van der Waals surface area contributed by atoms with E-state index in [0.717, 1.165) is 16.5 Å². The Bertz CT molecular complexity index is 1340. The molecule has 4 aromatic rings. The molecular weight excluding hydrogens is 456 g/mol. The van der Waals surface area contributed by atoms with Crippen LogP contribution in [0.4, 0.5) is 5.82 Å². The molecule has 9 heteroatoms. The third-order valence-electron chi connectivity index (χ3n) is 5.17. The van der Waals surface area contributed by atoms with Crippen LogP contribution in [0, 0.1) is 0 Å². The summed E-state index contributed by atoms with van der Waals surface area (Å²) < 4.78 is 4.65. The van der Waals surface area contributed by atoms with Gasteiger partial charge in [-0.25, -0.2) is 9.78 Å². The van der Waals surface area contributed by atoms with Gasteiger partial charge in [-0.2, -0.15) is 0 Å². The van der Waals surface area contributed by atoms with E-state index in [1.807, 2.05) is 30.3 Å². The van der Waals surface area contributed by atoms with Crippen LogP contribution in [0.1, 0.15) is 26.4 Å². The number of anilines is 1. The van der Waals surface area contributed by atoms with E-state index in [1.165, 1.54) is 25.4 Å². The van der Waals surface area contributed by atoms with Gasteiger partial charge in [0.05, 0.1) is 12.7 Å². The highest BCUT2D eigenvalue weighted by Crippen LogP contribution is 2.20. The first-order chi connectivity index (χ1) is 16.4. The van der Waals surface area contributed by atoms with Gasteiger partial charge in [0.2, 0.25) is 5.91 Å². The van der Waals surface area contributed by atoms with E-state index in [-0.39, 0.29) is 17.8 Å². The lowest BCUT2D eigenvalue weighted by molar-refractivity contribution is -0.118. The molecule has 4 rings (SSSR count). The largest absolute Gasteiger partial charge is 0.465 e. The lowest BCUT2D eigenvalue weighted by Crippen LogP contribution is -2.45. The molecule has 0 aliphatic rings. The zero-order valence-corrected chi connectivity index (χ0v) is 18.9. The summed E-state index contributed by atoms with van der Waals surface area (Å²) in [4.78, 5) is 44.8. The van der Waals surface area contributed by atoms with Crippen LogP contribution in [0.3, 0.4) is 0 Å². The number of ether oxygens (including phenoxy) is 1. The molecule has 2 amide bonds. The average Bonchev–Trinajstić information content (AvgIpc) is 3.27. The van der Waals surface area contributed by atoms with Crippen LogP contribution in [0.2, 0.25) is 5.02 Å². The highest BCUT2D eigenvalue weighted by atomic mass is 35.5. The quantitative estimate of drug-likeness (QED) is 0.349. The van der Waals surface area contributed by atoms with Gasteiger partial charge in [-0.15, -0.1) is 0 Å². The normalized spacial score (nSPS) is 11.6. The van der Waals surface area contributed by atoms with Crippen molar-refractivity contribution in [2.75, 3.05) is 12.4 Å². The molecule has 1 atom stereocenters. The highest BCUT2D eigenvalue weighted by molar-refractivity contribution is 6.31. The maximum absolute atomic E-state index is 13.1. The summed E-state index contributed by atoms with van der Waals surface area (Å²) in [6.07, 6.45) is 1.58. The van der Waals surface area contributed by atoms with Gasteiger partial charge in [0, 0.05) is 28.5 Å². The Labute approximate surface area is 200 Å². The first-order valence-electron chi connectivity index (χ1n) is 10.4. The fraction of sp³-hybridized carbons (Fsp3) is 0.120. The molecule has 0 saturated heterocycles. The predicted molar refractivity (Wildman–Crippen MR) is 129 cm³/mol. The zero-order chi connectivity index (χ0) is 24.1. The number of esters is 1. The molecule has 0 fully saturated rings. The molecule has 0 aliphatic heterocycles. The van der Waals surface area contributed by atoms with Crippen molar-refractivity contribution in [2.45, 2.75) is 12.5 Å². The van der Waals surface area contributed by atoms with E-state index in [1.54, 1.807) is 24.3 Å². The van der Waals surface area contributed by atoms with Crippen LogP contribution < -0.4 is 10.6 Å². The minimum absolute atomic E-state index is 0.241. The molecule has 0 unspecified atom stereocenters. The summed E-state index contributed by atoms with van der Waals surface area (Å²) in [5.41, 5.74) is 2.20. The molecule has 0 bridgehead atoms. The fourth-order valence-electron chi connectivity index (χ4n) is 3.44. The number of amides is 2. The number of halogens is 1. The van der Waals surface area contributed by atoms with E-state index in [2.05, 4.69) is 25.3 Å². The van der Waals surface area contributed by atoms with Crippen molar-refractivity contribution in [3.05, 3.63) is 94.8 Å². The molecule has 0 saturated carbocycles. The molecule has 8 nitrogen and oxygen atoms in total. The van der Waals surface area contributed by atoms with Crippen LogP contribution in [-0.4, -0.2) is 40.9 Å². The summed E-state index contributed by atoms with van der Waals surface area (Å²) in [5.74, 6) is -1.17. The number of aromatic nitrogens is 2. The first-order valence-corrected chi connectivity index (χ1v) is 10.8. The van der Waals surface area contributed by atoms with E-state index in [4.69, 9.17) is 11.6 Å². The molecule has 0 spiro atoms. The summed E-state index contributed by atoms with van der Waals surface area (Å²) in [7, 11) is 1.27. The SMILES string of the molecule is COC(=O)c1ccc(NC(=O)[C@H](Cc2ccccc2)NC(=O)c2cc3cc(Cl)ccc3[nH]2)nc1. The number of hydrogen-bond donors (Lipinski definition) is 3. The number of nitrogens with zero attached hydrogens (tertiary/aromatic N) is 1. The fourth-order valence-corrected chi connectivity index (χ4v) is 3.62. The van der Waals surface area contributed by atoms with Crippen molar-refractivity contribution in [3.8, 4) is 0 Å². The Kier molecular flexibility index (Phi) is 6.89. The van der Waals surface area contributed by atoms with Gasteiger partial charge in [-0.05, 0) is 42.0 Å². The molecule has 3 N–H and O–H groups in total. The van der Waals surface area contributed by atoms with Crippen molar-refractivity contribution in [1.29, 1.82) is 0 Å². The van der Waals surface area contributed by atoms with Crippen molar-refractivity contribution in [2.24, 2.45) is 0 Å². The van der Waals surface area contributed by atoms with Gasteiger partial charge in [0.25, 0.3) is 5.91 Å². The summed E-state index contributed by atoms with van der Waals surface area (Å²) in [5, 5.41) is 6.84. The molecule has 0 radical (unpaired) electrons. The lowest BCUT2D eigenvalue weighted by atomic mass is 10.0. The highest BCUT2D eigenvalue weighted by Gasteiger charge is 2.23. The van der Waals surface area contributed by atoms with Crippen LogP contribution >= 0.6 is 11.6 Å². The van der Waals surface area contributed by atoms with E-state index < -0.39 is 23.8 Å². The maximum atomic E-state index is 13.1. The third-order valence-corrected chi connectivity index (χ3v) is 5.40. The molecule has 172 valence electrons. The average molecular weight is 477 g/mol. The van der Waals surface area contributed by atoms with Crippen molar-refractivity contribution in [3.63, 3.8) is 0 Å². The van der Waals surface area contributed by atoms with Gasteiger partial charge >= 0.3 is 5.97 Å². The number of benzene rings is 2. The molecule has 2 aromatic carbocycles. The number of nitrogens with one attached hydrogen (secondary N) is 3. The number of pyridine rings is 1. The Balaban J connectivity index is 1.53. The second-order valence-corrected chi connectivity index (χ2v) is 7.98. The summed E-state index contributed by atoms with van der Waals surface area (Å²) in [6.45, 7) is 0. The number of hydrogen-bond acceptors (Lipinski definition) is 5. The zero-order valence-electron chi connectivity index (χ0n) is 18.2. The van der Waals surface area contributed by atoms with Gasteiger partial charge in [-0.3, -0.25) is 9.59 Å². The van der Waals surface area contributed by atoms with Crippen molar-refractivity contribution in [1.82, 2.24) is 15.3 Å². The third kappa shape index (κ3) is 5.41. The lowest BCUT2D eigenvalue weighted by Gasteiger charge is -2.18. The number of carbonyl (C=O) groups is 3. The molecule has 34 heavy (non-hydrogen) atoms. The minimum atomic E-state index is -0.882. The van der Waals surface area contributed by atoms with Gasteiger partial charge in [0.1, 0.15) is 17.6 Å². The van der Waals surface area contributed by atoms with Crippen molar-refractivity contribution < 1.29 is 19.1 Å². The Hall–Kier alpha value is -4.17. The van der Waals surface area contributed by atoms with Crippen molar-refractivity contribution >= 4 is 46.1 Å². The number of H-pyrrole nitrogens is 1. The Morgan fingerprint density at radius 1 is 1.06 bits per heavy atom. The Morgan fingerprint density at radius 2 is 1.85 bits per heavy atom. The smallest absolute Gasteiger partial charge is 0.339 e. The standard InChI is InChI=1S/C25H21ClN4O4/c1-34-25(33)16-7-10-22(27-14-16)30-24(32)20(11-15-5-3-2-4-6-15)29-23(31)21-13-17-12-18(26)8-9-19(17)28-21/h2-10,12-14,20,28H,11H2,1H3,(H,29,31)(H,27,30,32)/t20-/m0/s1. The van der Waals surface area contributed by atoms with E-state index >= 15 is 0 Å². The van der Waals surface area contributed by atoms with Crippen LogP contribution in [0.25, 0.3) is 10.9 Å². The number of carbonyl (C=O) groups excluding carboxylic acids is 3. The second-order valence-electron chi connectivity index (χ2n) is 7.54. The van der Waals surface area contributed by atoms with Crippen LogP contribution in [-0.2, 0) is 16.0 Å². The predicted octanol–water partition coefficient (Wildman–Crippen LogP) is 3.98. The maximum Gasteiger partial charge on any atom is 0.339 e. The van der Waals surface area contributed by atoms with E-state index in [9.17, 15) is 14.4 Å². The second kappa shape index (κ2) is 10.2. The monoisotopic (exact) mass is 476 g/mol. The first kappa shape index (κ1) is 23.0. The van der Waals surface area contributed by atoms with Gasteiger partial charge in [-0.1, -0.05) is 41.9 Å². The molecule has 2 heterocycles. The van der Waals surface area contributed by atoms with Crippen LogP contribution in [0.15, 0.2) is 72.9 Å². The molecule has 2 aromatic heterocycles. The minimum Gasteiger partial charge on any atom is -0.465 e. The van der Waals surface area contributed by atoms with Gasteiger partial charge in [0.15, 0.2) is 0 Å².